The van der Waals surface area contributed by atoms with Crippen LogP contribution in [0.5, 0.6) is 11.5 Å². The Balaban J connectivity index is 2.34. The van der Waals surface area contributed by atoms with Crippen LogP contribution in [0, 0.1) is 0 Å². The second-order valence-corrected chi connectivity index (χ2v) is 4.14. The van der Waals surface area contributed by atoms with Crippen molar-refractivity contribution in [3.63, 3.8) is 0 Å². The number of hydrogen-bond donors (Lipinski definition) is 1. The molecule has 0 aliphatic carbocycles. The van der Waals surface area contributed by atoms with Crippen LogP contribution in [0.25, 0.3) is 0 Å². The molecular formula is C13H18N2O3. The van der Waals surface area contributed by atoms with Crippen LogP contribution in [0.2, 0.25) is 0 Å². The van der Waals surface area contributed by atoms with Crippen molar-refractivity contribution in [2.24, 2.45) is 5.73 Å². The third kappa shape index (κ3) is 2.26. The Morgan fingerprint density at radius 2 is 2.00 bits per heavy atom. The van der Waals surface area contributed by atoms with Crippen LogP contribution in [-0.2, 0) is 4.79 Å². The number of primary amides is 1. The standard InChI is InChI=1S/C13H18N2O3/c1-3-15(4-2)12(13(14)16)9-5-6-10-11(7-9)18-8-17-10/h5-7,12H,3-4,8H2,1-2H3,(H2,14,16). The minimum absolute atomic E-state index is 0.227. The first-order valence-electron chi connectivity index (χ1n) is 6.10. The molecule has 1 aromatic rings. The highest BCUT2D eigenvalue weighted by molar-refractivity contribution is 5.81. The normalized spacial score (nSPS) is 14.8. The first-order chi connectivity index (χ1) is 8.67. The Hall–Kier alpha value is -1.75. The molecule has 0 fully saturated rings. The Labute approximate surface area is 106 Å². The molecule has 0 bridgehead atoms. The number of fused-ring (bicyclic) bond motifs is 1. The zero-order valence-electron chi connectivity index (χ0n) is 10.7. The second kappa shape index (κ2) is 5.27. The van der Waals surface area contributed by atoms with Gasteiger partial charge in [0, 0.05) is 0 Å². The summed E-state index contributed by atoms with van der Waals surface area (Å²) in [6.07, 6.45) is 0. The predicted octanol–water partition coefficient (Wildman–Crippen LogP) is 1.28. The Kier molecular flexibility index (Phi) is 3.72. The van der Waals surface area contributed by atoms with Gasteiger partial charge in [-0.3, -0.25) is 9.69 Å². The lowest BCUT2D eigenvalue weighted by molar-refractivity contribution is -0.123. The van der Waals surface area contributed by atoms with Gasteiger partial charge >= 0.3 is 0 Å². The summed E-state index contributed by atoms with van der Waals surface area (Å²) < 4.78 is 10.6. The molecule has 1 aliphatic rings. The predicted molar refractivity (Wildman–Crippen MR) is 67.4 cm³/mol. The van der Waals surface area contributed by atoms with Gasteiger partial charge in [-0.05, 0) is 30.8 Å². The third-order valence-corrected chi connectivity index (χ3v) is 3.16. The number of nitrogens with two attached hydrogens (primary N) is 1. The van der Waals surface area contributed by atoms with Crippen LogP contribution in [0.3, 0.4) is 0 Å². The Morgan fingerprint density at radius 1 is 1.33 bits per heavy atom. The van der Waals surface area contributed by atoms with Crippen LogP contribution in [-0.4, -0.2) is 30.7 Å². The fraction of sp³-hybridized carbons (Fsp3) is 0.462. The molecule has 1 atom stereocenters. The quantitative estimate of drug-likeness (QED) is 0.855. The third-order valence-electron chi connectivity index (χ3n) is 3.16. The fourth-order valence-corrected chi connectivity index (χ4v) is 2.23. The number of amides is 1. The van der Waals surface area contributed by atoms with Gasteiger partial charge in [-0.2, -0.15) is 0 Å². The van der Waals surface area contributed by atoms with Crippen molar-refractivity contribution in [3.05, 3.63) is 23.8 Å². The molecule has 0 aromatic heterocycles. The van der Waals surface area contributed by atoms with E-state index < -0.39 is 6.04 Å². The van der Waals surface area contributed by atoms with Crippen molar-refractivity contribution < 1.29 is 14.3 Å². The highest BCUT2D eigenvalue weighted by Gasteiger charge is 2.25. The lowest BCUT2D eigenvalue weighted by Gasteiger charge is -2.27. The molecule has 0 saturated carbocycles. The van der Waals surface area contributed by atoms with Crippen LogP contribution in [0.15, 0.2) is 18.2 Å². The van der Waals surface area contributed by atoms with Gasteiger partial charge < -0.3 is 15.2 Å². The maximum atomic E-state index is 11.7. The van der Waals surface area contributed by atoms with E-state index in [0.29, 0.717) is 11.5 Å². The van der Waals surface area contributed by atoms with Crippen molar-refractivity contribution in [2.75, 3.05) is 19.9 Å². The highest BCUT2D eigenvalue weighted by Crippen LogP contribution is 2.35. The topological polar surface area (TPSA) is 64.8 Å². The molecule has 1 unspecified atom stereocenters. The van der Waals surface area contributed by atoms with Crippen LogP contribution >= 0.6 is 0 Å². The van der Waals surface area contributed by atoms with E-state index in [1.54, 1.807) is 0 Å². The molecule has 1 heterocycles. The molecule has 2 N–H and O–H groups in total. The molecule has 5 nitrogen and oxygen atoms in total. The molecule has 1 aromatic carbocycles. The molecule has 0 saturated heterocycles. The van der Waals surface area contributed by atoms with Crippen molar-refractivity contribution in [1.82, 2.24) is 4.90 Å². The molecule has 2 rings (SSSR count). The number of rotatable bonds is 5. The van der Waals surface area contributed by atoms with E-state index >= 15 is 0 Å². The van der Waals surface area contributed by atoms with E-state index in [1.807, 2.05) is 36.9 Å². The molecule has 1 aliphatic heterocycles. The van der Waals surface area contributed by atoms with Crippen LogP contribution < -0.4 is 15.2 Å². The number of benzene rings is 1. The number of ether oxygens (including phenoxy) is 2. The van der Waals surface area contributed by atoms with Crippen LogP contribution in [0.1, 0.15) is 25.5 Å². The summed E-state index contributed by atoms with van der Waals surface area (Å²) in [5, 5.41) is 0. The zero-order valence-corrected chi connectivity index (χ0v) is 10.7. The first kappa shape index (κ1) is 12.7. The van der Waals surface area contributed by atoms with Crippen molar-refractivity contribution in [3.8, 4) is 11.5 Å². The average Bonchev–Trinajstić information content (AvgIpc) is 2.82. The summed E-state index contributed by atoms with van der Waals surface area (Å²) in [4.78, 5) is 13.7. The lowest BCUT2D eigenvalue weighted by atomic mass is 10.0. The largest absolute Gasteiger partial charge is 0.454 e. The first-order valence-corrected chi connectivity index (χ1v) is 6.10. The molecular weight excluding hydrogens is 232 g/mol. The monoisotopic (exact) mass is 250 g/mol. The Bertz CT molecular complexity index is 444. The number of carbonyl (C=O) groups excluding carboxylic acids is 1. The summed E-state index contributed by atoms with van der Waals surface area (Å²) in [5.74, 6) is 1.03. The molecule has 18 heavy (non-hydrogen) atoms. The SMILES string of the molecule is CCN(CC)C(C(N)=O)c1ccc2c(c1)OCO2. The van der Waals surface area contributed by atoms with E-state index in [9.17, 15) is 4.79 Å². The Morgan fingerprint density at radius 3 is 2.61 bits per heavy atom. The van der Waals surface area contributed by atoms with Crippen molar-refractivity contribution >= 4 is 5.91 Å². The van der Waals surface area contributed by atoms with Crippen molar-refractivity contribution in [1.29, 1.82) is 0 Å². The fourth-order valence-electron chi connectivity index (χ4n) is 2.23. The van der Waals surface area contributed by atoms with Gasteiger partial charge in [0.1, 0.15) is 6.04 Å². The minimum atomic E-state index is -0.422. The number of likely N-dealkylation sites (N-methyl/N-ethyl adjacent to an activating group) is 1. The second-order valence-electron chi connectivity index (χ2n) is 4.14. The zero-order chi connectivity index (χ0) is 13.1. The number of nitrogens with zero attached hydrogens (tertiary/aromatic N) is 1. The van der Waals surface area contributed by atoms with Gasteiger partial charge in [0.15, 0.2) is 11.5 Å². The summed E-state index contributed by atoms with van der Waals surface area (Å²) in [6, 6.07) is 5.09. The van der Waals surface area contributed by atoms with E-state index in [-0.39, 0.29) is 12.7 Å². The maximum absolute atomic E-state index is 11.7. The summed E-state index contributed by atoms with van der Waals surface area (Å²) >= 11 is 0. The van der Waals surface area contributed by atoms with Crippen LogP contribution in [0.4, 0.5) is 0 Å². The van der Waals surface area contributed by atoms with Gasteiger partial charge in [0.2, 0.25) is 12.7 Å². The highest BCUT2D eigenvalue weighted by atomic mass is 16.7. The molecule has 0 spiro atoms. The average molecular weight is 250 g/mol. The smallest absolute Gasteiger partial charge is 0.239 e. The number of hydrogen-bond acceptors (Lipinski definition) is 4. The van der Waals surface area contributed by atoms with Gasteiger partial charge in [-0.25, -0.2) is 0 Å². The summed E-state index contributed by atoms with van der Waals surface area (Å²) in [5.41, 5.74) is 6.36. The lowest BCUT2D eigenvalue weighted by Crippen LogP contribution is -2.37. The van der Waals surface area contributed by atoms with Gasteiger partial charge in [0.25, 0.3) is 0 Å². The molecule has 0 radical (unpaired) electrons. The van der Waals surface area contributed by atoms with E-state index in [1.165, 1.54) is 0 Å². The van der Waals surface area contributed by atoms with Gasteiger partial charge in [-0.1, -0.05) is 19.9 Å². The van der Waals surface area contributed by atoms with E-state index in [4.69, 9.17) is 15.2 Å². The maximum Gasteiger partial charge on any atom is 0.239 e. The van der Waals surface area contributed by atoms with E-state index in [2.05, 4.69) is 0 Å². The number of carbonyl (C=O) groups is 1. The van der Waals surface area contributed by atoms with Crippen molar-refractivity contribution in [2.45, 2.75) is 19.9 Å². The summed E-state index contributed by atoms with van der Waals surface area (Å²) in [6.45, 7) is 5.77. The molecule has 5 heteroatoms. The molecule has 98 valence electrons. The van der Waals surface area contributed by atoms with Gasteiger partial charge in [0.05, 0.1) is 0 Å². The van der Waals surface area contributed by atoms with E-state index in [0.717, 1.165) is 18.7 Å². The minimum Gasteiger partial charge on any atom is -0.454 e. The van der Waals surface area contributed by atoms with Gasteiger partial charge in [-0.15, -0.1) is 0 Å². The summed E-state index contributed by atoms with van der Waals surface area (Å²) in [7, 11) is 0. The molecule has 1 amide bonds.